The lowest BCUT2D eigenvalue weighted by Crippen LogP contribution is -2.50. The van der Waals surface area contributed by atoms with E-state index in [1.807, 2.05) is 36.7 Å². The molecule has 2 heterocycles. The highest BCUT2D eigenvalue weighted by Crippen LogP contribution is 2.41. The lowest BCUT2D eigenvalue weighted by atomic mass is 9.74. The van der Waals surface area contributed by atoms with Gasteiger partial charge >= 0.3 is 5.97 Å². The van der Waals surface area contributed by atoms with Crippen LogP contribution in [0, 0.1) is 0 Å². The zero-order chi connectivity index (χ0) is 14.2. The first-order chi connectivity index (χ1) is 9.68. The molecule has 1 unspecified atom stereocenters. The van der Waals surface area contributed by atoms with Crippen molar-refractivity contribution in [3.8, 4) is 0 Å². The van der Waals surface area contributed by atoms with E-state index in [1.165, 1.54) is 12.7 Å². The van der Waals surface area contributed by atoms with Crippen LogP contribution in [0.3, 0.4) is 0 Å². The first-order valence-corrected chi connectivity index (χ1v) is 7.46. The lowest BCUT2D eigenvalue weighted by Gasteiger charge is -2.40. The van der Waals surface area contributed by atoms with Gasteiger partial charge in [0.2, 0.25) is 0 Å². The number of thiophene rings is 1. The van der Waals surface area contributed by atoms with Crippen LogP contribution in [0.4, 0.5) is 0 Å². The van der Waals surface area contributed by atoms with Crippen molar-refractivity contribution in [2.45, 2.75) is 12.0 Å². The third-order valence-electron chi connectivity index (χ3n) is 3.90. The topological polar surface area (TPSA) is 29.5 Å². The predicted molar refractivity (Wildman–Crippen MR) is 79.9 cm³/mol. The minimum absolute atomic E-state index is 0.182. The molecule has 3 nitrogen and oxygen atoms in total. The van der Waals surface area contributed by atoms with E-state index in [0.29, 0.717) is 6.54 Å². The van der Waals surface area contributed by atoms with Gasteiger partial charge in [-0.05, 0) is 29.6 Å². The predicted octanol–water partition coefficient (Wildman–Crippen LogP) is 2.65. The van der Waals surface area contributed by atoms with E-state index >= 15 is 0 Å². The molecule has 0 bridgehead atoms. The molecule has 0 aliphatic carbocycles. The first kappa shape index (κ1) is 13.3. The Hall–Kier alpha value is -1.65. The highest BCUT2D eigenvalue weighted by atomic mass is 32.1. The number of carbonyl (C=O) groups is 1. The van der Waals surface area contributed by atoms with Gasteiger partial charge in [0, 0.05) is 18.0 Å². The molecule has 1 aromatic carbocycles. The Morgan fingerprint density at radius 2 is 2.10 bits per heavy atom. The maximum atomic E-state index is 12.7. The monoisotopic (exact) mass is 287 g/mol. The number of hydrogen-bond acceptors (Lipinski definition) is 4. The number of benzene rings is 1. The summed E-state index contributed by atoms with van der Waals surface area (Å²) < 4.78 is 5.16. The summed E-state index contributed by atoms with van der Waals surface area (Å²) >= 11 is 1.61. The quantitative estimate of drug-likeness (QED) is 0.795. The van der Waals surface area contributed by atoms with Gasteiger partial charge in [-0.2, -0.15) is 0 Å². The Bertz CT molecular complexity index is 623. The third-order valence-corrected chi connectivity index (χ3v) is 4.93. The summed E-state index contributed by atoms with van der Waals surface area (Å²) in [6.45, 7) is 1.51. The molecule has 104 valence electrons. The van der Waals surface area contributed by atoms with Crippen molar-refractivity contribution in [1.82, 2.24) is 4.90 Å². The SMILES string of the molecule is COC(=O)C1(c2cccs2)CN(C)Cc2ccccc21. The van der Waals surface area contributed by atoms with Crippen molar-refractivity contribution in [3.05, 3.63) is 57.8 Å². The van der Waals surface area contributed by atoms with Gasteiger partial charge in [0.1, 0.15) is 5.41 Å². The van der Waals surface area contributed by atoms with Crippen LogP contribution in [-0.2, 0) is 21.5 Å². The van der Waals surface area contributed by atoms with Crippen LogP contribution < -0.4 is 0 Å². The summed E-state index contributed by atoms with van der Waals surface area (Å²) in [4.78, 5) is 15.9. The van der Waals surface area contributed by atoms with Gasteiger partial charge in [-0.3, -0.25) is 4.79 Å². The number of nitrogens with zero attached hydrogens (tertiary/aromatic N) is 1. The molecule has 20 heavy (non-hydrogen) atoms. The summed E-state index contributed by atoms with van der Waals surface area (Å²) in [5, 5.41) is 2.01. The van der Waals surface area contributed by atoms with Crippen LogP contribution in [0.15, 0.2) is 41.8 Å². The van der Waals surface area contributed by atoms with Gasteiger partial charge in [-0.25, -0.2) is 0 Å². The second-order valence-electron chi connectivity index (χ2n) is 5.20. The van der Waals surface area contributed by atoms with E-state index in [1.54, 1.807) is 11.3 Å². The molecular formula is C16H17NO2S. The molecular weight excluding hydrogens is 270 g/mol. The standard InChI is InChI=1S/C16H17NO2S/c1-17-10-12-6-3-4-7-13(12)16(11-17,15(18)19-2)14-8-5-9-20-14/h3-9H,10-11H2,1-2H3. The van der Waals surface area contributed by atoms with Gasteiger partial charge in [-0.1, -0.05) is 30.3 Å². The van der Waals surface area contributed by atoms with E-state index in [9.17, 15) is 4.79 Å². The van der Waals surface area contributed by atoms with Crippen molar-refractivity contribution in [2.75, 3.05) is 20.7 Å². The molecule has 2 aromatic rings. The Labute approximate surface area is 122 Å². The number of methoxy groups -OCH3 is 1. The number of likely N-dealkylation sites (N-methyl/N-ethyl adjacent to an activating group) is 1. The lowest BCUT2D eigenvalue weighted by molar-refractivity contribution is -0.146. The molecule has 1 aromatic heterocycles. The summed E-state index contributed by atoms with van der Waals surface area (Å²) in [6.07, 6.45) is 0. The number of rotatable bonds is 2. The number of fused-ring (bicyclic) bond motifs is 1. The average Bonchev–Trinajstić information content (AvgIpc) is 2.99. The van der Waals surface area contributed by atoms with E-state index < -0.39 is 5.41 Å². The van der Waals surface area contributed by atoms with Crippen molar-refractivity contribution >= 4 is 17.3 Å². The van der Waals surface area contributed by atoms with E-state index in [2.05, 4.69) is 17.0 Å². The summed E-state index contributed by atoms with van der Waals surface area (Å²) in [6, 6.07) is 12.2. The van der Waals surface area contributed by atoms with E-state index in [-0.39, 0.29) is 5.97 Å². The molecule has 0 radical (unpaired) electrons. The molecule has 0 amide bonds. The highest BCUT2D eigenvalue weighted by Gasteiger charge is 2.48. The fraction of sp³-hybridized carbons (Fsp3) is 0.312. The maximum absolute atomic E-state index is 12.7. The van der Waals surface area contributed by atoms with Gasteiger partial charge in [0.15, 0.2) is 0 Å². The Morgan fingerprint density at radius 1 is 1.30 bits per heavy atom. The largest absolute Gasteiger partial charge is 0.468 e. The molecule has 0 fully saturated rings. The Balaban J connectivity index is 2.27. The van der Waals surface area contributed by atoms with Crippen molar-refractivity contribution in [3.63, 3.8) is 0 Å². The maximum Gasteiger partial charge on any atom is 0.323 e. The summed E-state index contributed by atoms with van der Waals surface area (Å²) in [5.74, 6) is -0.182. The van der Waals surface area contributed by atoms with Gasteiger partial charge < -0.3 is 9.64 Å². The number of carbonyl (C=O) groups excluding carboxylic acids is 1. The van der Waals surface area contributed by atoms with E-state index in [0.717, 1.165) is 17.0 Å². The van der Waals surface area contributed by atoms with Crippen LogP contribution in [0.2, 0.25) is 0 Å². The third kappa shape index (κ3) is 1.87. The summed E-state index contributed by atoms with van der Waals surface area (Å²) in [5.41, 5.74) is 1.57. The minimum Gasteiger partial charge on any atom is -0.468 e. The molecule has 0 saturated carbocycles. The smallest absolute Gasteiger partial charge is 0.323 e. The highest BCUT2D eigenvalue weighted by molar-refractivity contribution is 7.10. The fourth-order valence-electron chi connectivity index (χ4n) is 3.09. The average molecular weight is 287 g/mol. The van der Waals surface area contributed by atoms with Crippen molar-refractivity contribution in [2.24, 2.45) is 0 Å². The Morgan fingerprint density at radius 3 is 2.80 bits per heavy atom. The van der Waals surface area contributed by atoms with Gasteiger partial charge in [0.05, 0.1) is 7.11 Å². The summed E-state index contributed by atoms with van der Waals surface area (Å²) in [7, 11) is 3.51. The molecule has 1 aliphatic rings. The number of hydrogen-bond donors (Lipinski definition) is 0. The molecule has 0 N–H and O–H groups in total. The molecule has 1 aliphatic heterocycles. The Kier molecular flexibility index (Phi) is 3.36. The van der Waals surface area contributed by atoms with Gasteiger partial charge in [0.25, 0.3) is 0 Å². The number of ether oxygens (including phenoxy) is 1. The van der Waals surface area contributed by atoms with Crippen LogP contribution in [0.1, 0.15) is 16.0 Å². The fourth-order valence-corrected chi connectivity index (χ4v) is 4.01. The number of esters is 1. The molecule has 1 atom stereocenters. The normalized spacial score (nSPS) is 22.3. The van der Waals surface area contributed by atoms with E-state index in [4.69, 9.17) is 4.74 Å². The molecule has 4 heteroatoms. The minimum atomic E-state index is -0.702. The zero-order valence-electron chi connectivity index (χ0n) is 11.6. The second-order valence-corrected chi connectivity index (χ2v) is 6.15. The molecule has 0 spiro atoms. The van der Waals surface area contributed by atoms with Crippen LogP contribution in [-0.4, -0.2) is 31.6 Å². The zero-order valence-corrected chi connectivity index (χ0v) is 12.4. The van der Waals surface area contributed by atoms with Gasteiger partial charge in [-0.15, -0.1) is 11.3 Å². The van der Waals surface area contributed by atoms with Crippen LogP contribution >= 0.6 is 11.3 Å². The first-order valence-electron chi connectivity index (χ1n) is 6.58. The molecule has 0 saturated heterocycles. The van der Waals surface area contributed by atoms with Crippen molar-refractivity contribution < 1.29 is 9.53 Å². The van der Waals surface area contributed by atoms with Crippen LogP contribution in [0.25, 0.3) is 0 Å². The molecule has 3 rings (SSSR count). The van der Waals surface area contributed by atoms with Crippen molar-refractivity contribution in [1.29, 1.82) is 0 Å². The van der Waals surface area contributed by atoms with Crippen LogP contribution in [0.5, 0.6) is 0 Å². The second kappa shape index (κ2) is 5.04.